The van der Waals surface area contributed by atoms with E-state index in [1.165, 1.54) is 18.9 Å². The van der Waals surface area contributed by atoms with Crippen molar-refractivity contribution in [1.82, 2.24) is 5.32 Å². The highest BCUT2D eigenvalue weighted by Crippen LogP contribution is 2.38. The Hall–Kier alpha value is -1.13. The molecule has 0 amide bonds. The fraction of sp³-hybridized carbons (Fsp3) is 0.600. The fourth-order valence-corrected chi connectivity index (χ4v) is 2.76. The highest BCUT2D eigenvalue weighted by atomic mass is 19.1. The fourth-order valence-electron chi connectivity index (χ4n) is 2.76. The lowest BCUT2D eigenvalue weighted by Crippen LogP contribution is -2.37. The van der Waals surface area contributed by atoms with Crippen LogP contribution in [0, 0.1) is 11.7 Å². The van der Waals surface area contributed by atoms with Crippen LogP contribution in [0.3, 0.4) is 0 Å². The molecule has 0 bridgehead atoms. The highest BCUT2D eigenvalue weighted by molar-refractivity contribution is 5.28. The van der Waals surface area contributed by atoms with Crippen LogP contribution < -0.4 is 10.1 Å². The minimum atomic E-state index is -0.214. The van der Waals surface area contributed by atoms with E-state index >= 15 is 0 Å². The second-order valence-electron chi connectivity index (χ2n) is 5.41. The molecular formula is C15H20FNO2. The van der Waals surface area contributed by atoms with E-state index in [0.717, 1.165) is 18.9 Å². The second-order valence-corrected chi connectivity index (χ2v) is 5.41. The largest absolute Gasteiger partial charge is 0.497 e. The third-order valence-corrected chi connectivity index (χ3v) is 4.04. The molecule has 4 heteroatoms. The first-order valence-corrected chi connectivity index (χ1v) is 6.95. The number of hydrogen-bond donors (Lipinski definition) is 1. The average Bonchev–Trinajstić information content (AvgIpc) is 3.16. The first-order valence-electron chi connectivity index (χ1n) is 6.95. The summed E-state index contributed by atoms with van der Waals surface area (Å²) < 4.78 is 24.6. The molecule has 2 unspecified atom stereocenters. The van der Waals surface area contributed by atoms with Gasteiger partial charge in [0.25, 0.3) is 0 Å². The van der Waals surface area contributed by atoms with Crippen molar-refractivity contribution in [2.45, 2.75) is 38.0 Å². The van der Waals surface area contributed by atoms with Gasteiger partial charge in [-0.1, -0.05) is 6.07 Å². The number of nitrogens with one attached hydrogen (secondary N) is 1. The van der Waals surface area contributed by atoms with Crippen molar-refractivity contribution in [2.75, 3.05) is 13.7 Å². The molecule has 1 heterocycles. The van der Waals surface area contributed by atoms with Gasteiger partial charge in [0.15, 0.2) is 0 Å². The molecule has 1 N–H and O–H groups in total. The zero-order chi connectivity index (χ0) is 13.2. The number of methoxy groups -OCH3 is 1. The van der Waals surface area contributed by atoms with Crippen molar-refractivity contribution in [2.24, 2.45) is 5.92 Å². The van der Waals surface area contributed by atoms with Crippen molar-refractivity contribution in [1.29, 1.82) is 0 Å². The maximum atomic E-state index is 13.8. The van der Waals surface area contributed by atoms with Crippen molar-refractivity contribution < 1.29 is 13.9 Å². The molecule has 1 aromatic carbocycles. The Kier molecular flexibility index (Phi) is 3.71. The Labute approximate surface area is 113 Å². The molecule has 0 spiro atoms. The van der Waals surface area contributed by atoms with E-state index in [1.54, 1.807) is 19.2 Å². The number of ether oxygens (including phenoxy) is 2. The zero-order valence-electron chi connectivity index (χ0n) is 11.2. The van der Waals surface area contributed by atoms with Gasteiger partial charge in [-0.2, -0.15) is 0 Å². The van der Waals surface area contributed by atoms with E-state index in [0.29, 0.717) is 30.0 Å². The predicted molar refractivity (Wildman–Crippen MR) is 70.7 cm³/mol. The zero-order valence-corrected chi connectivity index (χ0v) is 11.2. The van der Waals surface area contributed by atoms with E-state index in [9.17, 15) is 4.39 Å². The number of rotatable bonds is 5. The lowest BCUT2D eigenvalue weighted by molar-refractivity contribution is 0.0808. The molecule has 1 aromatic rings. The molecule has 0 radical (unpaired) electrons. The summed E-state index contributed by atoms with van der Waals surface area (Å²) in [6.07, 6.45) is 3.92. The minimum absolute atomic E-state index is 0.214. The summed E-state index contributed by atoms with van der Waals surface area (Å²) in [6, 6.07) is 5.38. The van der Waals surface area contributed by atoms with Crippen LogP contribution in [-0.4, -0.2) is 25.9 Å². The lowest BCUT2D eigenvalue weighted by atomic mass is 10.1. The summed E-state index contributed by atoms with van der Waals surface area (Å²) in [5.74, 6) is 1.07. The maximum Gasteiger partial charge on any atom is 0.131 e. The summed E-state index contributed by atoms with van der Waals surface area (Å²) in [4.78, 5) is 0. The molecule has 2 aliphatic rings. The van der Waals surface area contributed by atoms with Gasteiger partial charge in [-0.25, -0.2) is 4.39 Å². The van der Waals surface area contributed by atoms with E-state index in [1.807, 2.05) is 0 Å². The lowest BCUT2D eigenvalue weighted by Gasteiger charge is -2.19. The molecule has 1 aliphatic heterocycles. The van der Waals surface area contributed by atoms with Gasteiger partial charge in [-0.3, -0.25) is 0 Å². The van der Waals surface area contributed by atoms with Gasteiger partial charge in [0.2, 0.25) is 0 Å². The molecule has 3 nitrogen and oxygen atoms in total. The molecule has 104 valence electrons. The molecule has 0 aromatic heterocycles. The summed E-state index contributed by atoms with van der Waals surface area (Å²) >= 11 is 0. The van der Waals surface area contributed by atoms with E-state index < -0.39 is 0 Å². The Balaban J connectivity index is 1.59. The van der Waals surface area contributed by atoms with Gasteiger partial charge in [0.05, 0.1) is 13.2 Å². The van der Waals surface area contributed by atoms with Gasteiger partial charge in [-0.05, 0) is 31.2 Å². The van der Waals surface area contributed by atoms with Crippen molar-refractivity contribution >= 4 is 0 Å². The van der Waals surface area contributed by atoms with E-state index in [4.69, 9.17) is 9.47 Å². The molecule has 2 atom stereocenters. The predicted octanol–water partition coefficient (Wildman–Crippen LogP) is 2.49. The quantitative estimate of drug-likeness (QED) is 0.887. The third kappa shape index (κ3) is 2.90. The monoisotopic (exact) mass is 265 g/mol. The van der Waals surface area contributed by atoms with Gasteiger partial charge in [-0.15, -0.1) is 0 Å². The summed E-state index contributed by atoms with van der Waals surface area (Å²) in [7, 11) is 1.54. The first-order chi connectivity index (χ1) is 9.28. The third-order valence-electron chi connectivity index (χ3n) is 4.04. The number of hydrogen-bond acceptors (Lipinski definition) is 3. The Morgan fingerprint density at radius 2 is 2.21 bits per heavy atom. The van der Waals surface area contributed by atoms with Gasteiger partial charge in [0.1, 0.15) is 11.6 Å². The highest BCUT2D eigenvalue weighted by Gasteiger charge is 2.40. The molecule has 1 saturated heterocycles. The van der Waals surface area contributed by atoms with Crippen LogP contribution in [0.4, 0.5) is 4.39 Å². The normalized spacial score (nSPS) is 26.6. The molecular weight excluding hydrogens is 245 g/mol. The topological polar surface area (TPSA) is 30.5 Å². The number of halogens is 1. The maximum absolute atomic E-state index is 13.8. The standard InChI is InChI=1S/C15H20FNO2/c1-18-12-5-4-11(13(16)8-12)9-17-14-6-7-19-15(14)10-2-3-10/h4-5,8,10,14-15,17H,2-3,6-7,9H2,1H3. The average molecular weight is 265 g/mol. The molecule has 1 aliphatic carbocycles. The molecule has 3 rings (SSSR count). The van der Waals surface area contributed by atoms with Crippen molar-refractivity contribution in [3.8, 4) is 5.75 Å². The SMILES string of the molecule is COc1ccc(CNC2CCOC2C2CC2)c(F)c1. The van der Waals surface area contributed by atoms with Crippen LogP contribution in [0.15, 0.2) is 18.2 Å². The molecule has 2 fully saturated rings. The van der Waals surface area contributed by atoms with Crippen LogP contribution in [0.2, 0.25) is 0 Å². The Morgan fingerprint density at radius 3 is 2.89 bits per heavy atom. The van der Waals surface area contributed by atoms with Crippen LogP contribution in [-0.2, 0) is 11.3 Å². The van der Waals surface area contributed by atoms with Crippen LogP contribution in [0.25, 0.3) is 0 Å². The van der Waals surface area contributed by atoms with Crippen LogP contribution >= 0.6 is 0 Å². The Morgan fingerprint density at radius 1 is 1.37 bits per heavy atom. The van der Waals surface area contributed by atoms with Crippen LogP contribution in [0.5, 0.6) is 5.75 Å². The summed E-state index contributed by atoms with van der Waals surface area (Å²) in [5.41, 5.74) is 0.683. The first kappa shape index (κ1) is 12.9. The number of benzene rings is 1. The minimum Gasteiger partial charge on any atom is -0.497 e. The van der Waals surface area contributed by atoms with Crippen molar-refractivity contribution in [3.63, 3.8) is 0 Å². The van der Waals surface area contributed by atoms with Gasteiger partial charge in [0, 0.05) is 30.8 Å². The molecule has 1 saturated carbocycles. The smallest absolute Gasteiger partial charge is 0.131 e. The van der Waals surface area contributed by atoms with Crippen LogP contribution in [0.1, 0.15) is 24.8 Å². The molecule has 19 heavy (non-hydrogen) atoms. The Bertz CT molecular complexity index is 448. The summed E-state index contributed by atoms with van der Waals surface area (Å²) in [6.45, 7) is 1.37. The second kappa shape index (κ2) is 5.47. The van der Waals surface area contributed by atoms with E-state index in [-0.39, 0.29) is 5.82 Å². The summed E-state index contributed by atoms with van der Waals surface area (Å²) in [5, 5.41) is 3.44. The van der Waals surface area contributed by atoms with Gasteiger partial charge < -0.3 is 14.8 Å². The van der Waals surface area contributed by atoms with Crippen molar-refractivity contribution in [3.05, 3.63) is 29.6 Å². The van der Waals surface area contributed by atoms with E-state index in [2.05, 4.69) is 5.32 Å². The van der Waals surface area contributed by atoms with Gasteiger partial charge >= 0.3 is 0 Å².